The van der Waals surface area contributed by atoms with Gasteiger partial charge in [0.05, 0.1) is 5.52 Å². The van der Waals surface area contributed by atoms with Crippen molar-refractivity contribution < 1.29 is 4.79 Å². The molecule has 2 N–H and O–H groups in total. The number of ketones is 1. The number of nitrogens with zero attached hydrogens (tertiary/aromatic N) is 1. The van der Waals surface area contributed by atoms with E-state index in [0.29, 0.717) is 5.82 Å². The number of hydrogen-bond acceptors (Lipinski definition) is 2. The zero-order valence-corrected chi connectivity index (χ0v) is 8.24. The molecule has 0 unspecified atom stereocenters. The lowest BCUT2D eigenvalue weighted by Gasteiger charge is -1.95. The minimum absolute atomic E-state index is 0.0582. The second kappa shape index (κ2) is 2.87. The predicted molar refractivity (Wildman–Crippen MR) is 56.6 cm³/mol. The van der Waals surface area contributed by atoms with Crippen LogP contribution in [-0.2, 0) is 0 Å². The van der Waals surface area contributed by atoms with Crippen molar-refractivity contribution in [1.29, 1.82) is 0 Å². The van der Waals surface area contributed by atoms with E-state index < -0.39 is 0 Å². The van der Waals surface area contributed by atoms with E-state index in [0.717, 1.165) is 16.6 Å². The van der Waals surface area contributed by atoms with Crippen LogP contribution in [0.5, 0.6) is 0 Å². The molecule has 0 aliphatic carbocycles. The van der Waals surface area contributed by atoms with Crippen LogP contribution in [0.4, 0.5) is 5.82 Å². The van der Waals surface area contributed by atoms with Gasteiger partial charge in [0.2, 0.25) is 0 Å². The molecular weight excluding hydrogens is 176 g/mol. The van der Waals surface area contributed by atoms with Gasteiger partial charge in [0.15, 0.2) is 5.78 Å². The van der Waals surface area contributed by atoms with E-state index in [-0.39, 0.29) is 5.78 Å². The number of carbonyl (C=O) groups excluding carboxylic acids is 1. The van der Waals surface area contributed by atoms with E-state index in [1.807, 2.05) is 35.7 Å². The normalized spacial score (nSPS) is 10.7. The lowest BCUT2D eigenvalue weighted by Crippen LogP contribution is -1.93. The van der Waals surface area contributed by atoms with Gasteiger partial charge in [-0.3, -0.25) is 4.79 Å². The summed E-state index contributed by atoms with van der Waals surface area (Å²) < 4.78 is 1.84. The molecule has 0 bridgehead atoms. The molecule has 14 heavy (non-hydrogen) atoms. The smallest absolute Gasteiger partial charge is 0.162 e. The van der Waals surface area contributed by atoms with Gasteiger partial charge in [-0.05, 0) is 26.0 Å². The summed E-state index contributed by atoms with van der Waals surface area (Å²) in [4.78, 5) is 11.4. The first-order valence-corrected chi connectivity index (χ1v) is 4.49. The second-order valence-electron chi connectivity index (χ2n) is 3.40. The number of Topliss-reactive ketones (excluding diaryl/α,β-unsaturated/α-hetero) is 1. The summed E-state index contributed by atoms with van der Waals surface area (Å²) in [6.45, 7) is 3.44. The Morgan fingerprint density at radius 2 is 2.14 bits per heavy atom. The van der Waals surface area contributed by atoms with Crippen molar-refractivity contribution >= 4 is 17.1 Å². The quantitative estimate of drug-likeness (QED) is 0.696. The van der Waals surface area contributed by atoms with Crippen LogP contribution in [0.2, 0.25) is 0 Å². The number of nitrogen functional groups attached to an aromatic ring is 1. The Kier molecular flexibility index (Phi) is 1.81. The van der Waals surface area contributed by atoms with E-state index in [4.69, 9.17) is 5.73 Å². The molecule has 0 radical (unpaired) electrons. The summed E-state index contributed by atoms with van der Waals surface area (Å²) >= 11 is 0. The van der Waals surface area contributed by atoms with E-state index in [1.165, 1.54) is 0 Å². The third-order valence-electron chi connectivity index (χ3n) is 2.49. The van der Waals surface area contributed by atoms with Crippen LogP contribution in [-0.4, -0.2) is 10.2 Å². The zero-order valence-electron chi connectivity index (χ0n) is 8.24. The van der Waals surface area contributed by atoms with Gasteiger partial charge in [0, 0.05) is 17.3 Å². The first-order valence-electron chi connectivity index (χ1n) is 4.49. The van der Waals surface area contributed by atoms with Gasteiger partial charge < -0.3 is 10.1 Å². The molecule has 3 nitrogen and oxygen atoms in total. The summed E-state index contributed by atoms with van der Waals surface area (Å²) in [7, 11) is 0. The van der Waals surface area contributed by atoms with Crippen molar-refractivity contribution in [2.24, 2.45) is 0 Å². The average molecular weight is 188 g/mol. The third kappa shape index (κ3) is 1.02. The molecule has 0 saturated heterocycles. The van der Waals surface area contributed by atoms with E-state index in [9.17, 15) is 4.79 Å². The fourth-order valence-corrected chi connectivity index (χ4v) is 1.80. The number of hydrogen-bond donors (Lipinski definition) is 1. The second-order valence-corrected chi connectivity index (χ2v) is 3.40. The summed E-state index contributed by atoms with van der Waals surface area (Å²) in [5.74, 6) is 0.703. The number of rotatable bonds is 1. The molecule has 72 valence electrons. The Balaban J connectivity index is 2.95. The predicted octanol–water partition coefficient (Wildman–Crippen LogP) is 2.03. The van der Waals surface area contributed by atoms with E-state index in [2.05, 4.69) is 0 Å². The summed E-state index contributed by atoms with van der Waals surface area (Å²) in [5.41, 5.74) is 8.36. The van der Waals surface area contributed by atoms with Crippen LogP contribution in [0.25, 0.3) is 5.52 Å². The molecular formula is C11H12N2O. The van der Waals surface area contributed by atoms with Crippen molar-refractivity contribution in [1.82, 2.24) is 4.40 Å². The molecule has 2 aromatic rings. The van der Waals surface area contributed by atoms with Gasteiger partial charge in [-0.15, -0.1) is 0 Å². The van der Waals surface area contributed by atoms with Crippen molar-refractivity contribution in [2.45, 2.75) is 13.8 Å². The van der Waals surface area contributed by atoms with Gasteiger partial charge in [-0.2, -0.15) is 0 Å². The molecule has 0 spiro atoms. The first-order chi connectivity index (χ1) is 6.63. The van der Waals surface area contributed by atoms with Crippen LogP contribution in [0.3, 0.4) is 0 Å². The number of anilines is 1. The Morgan fingerprint density at radius 1 is 1.43 bits per heavy atom. The first kappa shape index (κ1) is 8.81. The number of pyridine rings is 1. The van der Waals surface area contributed by atoms with Crippen LogP contribution >= 0.6 is 0 Å². The lowest BCUT2D eigenvalue weighted by atomic mass is 10.1. The maximum Gasteiger partial charge on any atom is 0.162 e. The fraction of sp³-hybridized carbons (Fsp3) is 0.182. The molecule has 2 rings (SSSR count). The number of carbonyl (C=O) groups is 1. The minimum atomic E-state index is 0.0582. The van der Waals surface area contributed by atoms with Crippen LogP contribution in [0.1, 0.15) is 22.8 Å². The van der Waals surface area contributed by atoms with Gasteiger partial charge in [-0.25, -0.2) is 0 Å². The van der Waals surface area contributed by atoms with Crippen molar-refractivity contribution in [2.75, 3.05) is 5.73 Å². The minimum Gasteiger partial charge on any atom is -0.385 e. The van der Waals surface area contributed by atoms with E-state index in [1.54, 1.807) is 6.92 Å². The summed E-state index contributed by atoms with van der Waals surface area (Å²) in [5, 5.41) is 0. The van der Waals surface area contributed by atoms with Gasteiger partial charge in [0.25, 0.3) is 0 Å². The number of aromatic nitrogens is 1. The highest BCUT2D eigenvalue weighted by atomic mass is 16.1. The van der Waals surface area contributed by atoms with Gasteiger partial charge >= 0.3 is 0 Å². The summed E-state index contributed by atoms with van der Waals surface area (Å²) in [6, 6.07) is 5.70. The number of nitrogens with two attached hydrogens (primary N) is 1. The largest absolute Gasteiger partial charge is 0.385 e. The standard InChI is InChI=1S/C11H12N2O/c1-7-10(8(2)14)9-5-3-4-6-13(9)11(7)12/h3-6H,12H2,1-2H3. The van der Waals surface area contributed by atoms with Crippen LogP contribution in [0, 0.1) is 6.92 Å². The van der Waals surface area contributed by atoms with Crippen molar-refractivity contribution in [3.63, 3.8) is 0 Å². The molecule has 3 heteroatoms. The van der Waals surface area contributed by atoms with Gasteiger partial charge in [0.1, 0.15) is 5.82 Å². The van der Waals surface area contributed by atoms with E-state index >= 15 is 0 Å². The molecule has 0 aliphatic heterocycles. The van der Waals surface area contributed by atoms with Crippen molar-refractivity contribution in [3.05, 3.63) is 35.5 Å². The fourth-order valence-electron chi connectivity index (χ4n) is 1.80. The maximum absolute atomic E-state index is 11.4. The molecule has 0 fully saturated rings. The lowest BCUT2D eigenvalue weighted by molar-refractivity contribution is 0.101. The molecule has 0 aromatic carbocycles. The van der Waals surface area contributed by atoms with Crippen molar-refractivity contribution in [3.8, 4) is 0 Å². The Hall–Kier alpha value is -1.77. The highest BCUT2D eigenvalue weighted by Crippen LogP contribution is 2.24. The SMILES string of the molecule is CC(=O)c1c(C)c(N)n2ccccc12. The topological polar surface area (TPSA) is 47.5 Å². The average Bonchev–Trinajstić information content (AvgIpc) is 2.41. The number of fused-ring (bicyclic) bond motifs is 1. The molecule has 0 amide bonds. The Morgan fingerprint density at radius 3 is 2.79 bits per heavy atom. The monoisotopic (exact) mass is 188 g/mol. The Labute approximate surface area is 82.1 Å². The van der Waals surface area contributed by atoms with Crippen LogP contribution < -0.4 is 5.73 Å². The van der Waals surface area contributed by atoms with Crippen LogP contribution in [0.15, 0.2) is 24.4 Å². The van der Waals surface area contributed by atoms with Gasteiger partial charge in [-0.1, -0.05) is 6.07 Å². The third-order valence-corrected chi connectivity index (χ3v) is 2.49. The maximum atomic E-state index is 11.4. The Bertz CT molecular complexity index is 511. The molecule has 0 saturated carbocycles. The highest BCUT2D eigenvalue weighted by molar-refractivity contribution is 6.04. The highest BCUT2D eigenvalue weighted by Gasteiger charge is 2.14. The molecule has 0 atom stereocenters. The summed E-state index contributed by atoms with van der Waals surface area (Å²) in [6.07, 6.45) is 1.87. The molecule has 0 aliphatic rings. The zero-order chi connectivity index (χ0) is 10.3. The molecule has 2 aromatic heterocycles. The molecule has 2 heterocycles.